The number of rotatable bonds is 12. The zero-order chi connectivity index (χ0) is 37.9. The largest absolute Gasteiger partial charge is 0.496 e. The van der Waals surface area contributed by atoms with Crippen LogP contribution in [0.25, 0.3) is 11.1 Å². The summed E-state index contributed by atoms with van der Waals surface area (Å²) in [6.07, 6.45) is -0.303. The average molecular weight is 708 g/mol. The summed E-state index contributed by atoms with van der Waals surface area (Å²) in [4.78, 5) is 48.9. The van der Waals surface area contributed by atoms with Crippen LogP contribution in [0, 0.1) is 29.1 Å². The molecule has 51 heavy (non-hydrogen) atoms. The molecule has 0 aromatic heterocycles. The smallest absolute Gasteiger partial charge is 0.302 e. The molecule has 2 aliphatic rings. The second-order valence-electron chi connectivity index (χ2n) is 15.7. The highest BCUT2D eigenvalue weighted by molar-refractivity contribution is 5.83. The first-order valence-corrected chi connectivity index (χ1v) is 18.2. The van der Waals surface area contributed by atoms with Crippen LogP contribution in [0.15, 0.2) is 36.4 Å². The lowest BCUT2D eigenvalue weighted by atomic mass is 9.58. The van der Waals surface area contributed by atoms with Gasteiger partial charge in [0.2, 0.25) is 11.8 Å². The van der Waals surface area contributed by atoms with Gasteiger partial charge < -0.3 is 30.3 Å². The fourth-order valence-corrected chi connectivity index (χ4v) is 7.99. The van der Waals surface area contributed by atoms with E-state index in [9.17, 15) is 14.4 Å². The number of carbonyl (C=O) groups excluding carboxylic acids is 3. The van der Waals surface area contributed by atoms with Gasteiger partial charge in [-0.15, -0.1) is 0 Å². The Morgan fingerprint density at radius 3 is 2.37 bits per heavy atom. The normalized spacial score (nSPS) is 26.6. The Bertz CT molecular complexity index is 1560. The molecule has 0 spiro atoms. The average Bonchev–Trinajstić information content (AvgIpc) is 3.44. The molecule has 1 aliphatic carbocycles. The predicted octanol–water partition coefficient (Wildman–Crippen LogP) is 5.24. The van der Waals surface area contributed by atoms with Crippen molar-refractivity contribution < 1.29 is 28.7 Å². The third kappa shape index (κ3) is 8.69. The second-order valence-corrected chi connectivity index (χ2v) is 15.7. The number of nitrogens with one attached hydrogen (secondary N) is 1. The minimum atomic E-state index is -0.778. The van der Waals surface area contributed by atoms with E-state index in [2.05, 4.69) is 58.1 Å². The number of anilines is 1. The molecule has 1 saturated heterocycles. The molecule has 2 fully saturated rings. The quantitative estimate of drug-likeness (QED) is 0.285. The van der Waals surface area contributed by atoms with Crippen molar-refractivity contribution in [2.45, 2.75) is 99.2 Å². The number of carbonyl (C=O) groups is 3. The molecule has 0 radical (unpaired) electrons. The first-order chi connectivity index (χ1) is 23.9. The lowest BCUT2D eigenvalue weighted by molar-refractivity contribution is -0.174. The topological polar surface area (TPSA) is 127 Å². The van der Waals surface area contributed by atoms with Gasteiger partial charge in [-0.25, -0.2) is 0 Å². The molecule has 4 rings (SSSR count). The highest BCUT2D eigenvalue weighted by Crippen LogP contribution is 2.48. The Morgan fingerprint density at radius 2 is 1.78 bits per heavy atom. The third-order valence-electron chi connectivity index (χ3n) is 12.0. The standard InChI is InChI=1S/C40H61N5O6/c1-23-16-34(24(2)25(3)40(23,7)8)42-39(48)37-36(26(4)50-28(6)47)35(20-41)51-45(37)22-30-14-13-15-33(38(30)49-12)31-17-29(21-44(11)27(5)46)18-32(19-31)43(9)10/h13-15,17-19,23-26,34-37H,16,20-22,41H2,1-12H3,(H,42,48)/t23-,24+,25+,26+,34+,35+,36-,37+/m1/s1. The number of hydrogen-bond donors (Lipinski definition) is 2. The molecular weight excluding hydrogens is 646 g/mol. The van der Waals surface area contributed by atoms with Crippen LogP contribution >= 0.6 is 0 Å². The highest BCUT2D eigenvalue weighted by atomic mass is 16.7. The summed E-state index contributed by atoms with van der Waals surface area (Å²) in [6.45, 7) is 17.0. The molecule has 0 unspecified atom stereocenters. The van der Waals surface area contributed by atoms with Crippen LogP contribution in [0.3, 0.4) is 0 Å². The van der Waals surface area contributed by atoms with Crippen LogP contribution in [0.2, 0.25) is 0 Å². The Balaban J connectivity index is 1.74. The van der Waals surface area contributed by atoms with E-state index in [1.165, 1.54) is 6.92 Å². The Labute approximate surface area is 305 Å². The van der Waals surface area contributed by atoms with Gasteiger partial charge in [-0.3, -0.25) is 19.2 Å². The summed E-state index contributed by atoms with van der Waals surface area (Å²) >= 11 is 0. The fourth-order valence-electron chi connectivity index (χ4n) is 7.99. The van der Waals surface area contributed by atoms with E-state index in [-0.39, 0.29) is 42.3 Å². The number of nitrogens with zero attached hydrogens (tertiary/aromatic N) is 3. The van der Waals surface area contributed by atoms with Crippen molar-refractivity contribution in [3.05, 3.63) is 47.5 Å². The number of hydroxylamine groups is 2. The van der Waals surface area contributed by atoms with Gasteiger partial charge in [-0.05, 0) is 65.8 Å². The number of para-hydroxylation sites is 1. The van der Waals surface area contributed by atoms with Gasteiger partial charge in [0.25, 0.3) is 0 Å². The molecule has 1 heterocycles. The van der Waals surface area contributed by atoms with E-state index >= 15 is 0 Å². The summed E-state index contributed by atoms with van der Waals surface area (Å²) < 4.78 is 11.8. The van der Waals surface area contributed by atoms with Crippen molar-refractivity contribution in [1.29, 1.82) is 0 Å². The van der Waals surface area contributed by atoms with Gasteiger partial charge in [0.1, 0.15) is 17.9 Å². The first kappa shape index (κ1) is 40.1. The number of esters is 1. The number of ether oxygens (including phenoxy) is 2. The number of methoxy groups -OCH3 is 1. The maximum absolute atomic E-state index is 14.5. The van der Waals surface area contributed by atoms with Gasteiger partial charge >= 0.3 is 5.97 Å². The second kappa shape index (κ2) is 16.3. The maximum Gasteiger partial charge on any atom is 0.302 e. The third-order valence-corrected chi connectivity index (χ3v) is 12.0. The SMILES string of the molecule is COc1c(CN2O[C@@H](CN)[C@@H]([C@H](C)OC(C)=O)[C@H]2C(=O)N[C@H]2C[C@@H](C)C(C)(C)[C@@H](C)[C@@H]2C)cccc1-c1cc(CN(C)C(C)=O)cc(N(C)C)c1. The number of amides is 2. The molecular formula is C40H61N5O6. The number of hydrogen-bond acceptors (Lipinski definition) is 9. The molecule has 1 saturated carbocycles. The maximum atomic E-state index is 14.5. The van der Waals surface area contributed by atoms with Gasteiger partial charge in [-0.2, -0.15) is 5.06 Å². The lowest BCUT2D eigenvalue weighted by Gasteiger charge is -2.50. The molecule has 8 atom stereocenters. The van der Waals surface area contributed by atoms with E-state index < -0.39 is 30.1 Å². The van der Waals surface area contributed by atoms with E-state index in [4.69, 9.17) is 20.0 Å². The van der Waals surface area contributed by atoms with Crippen molar-refractivity contribution in [3.8, 4) is 16.9 Å². The molecule has 0 bridgehead atoms. The van der Waals surface area contributed by atoms with E-state index in [1.54, 1.807) is 38.0 Å². The van der Waals surface area contributed by atoms with Crippen molar-refractivity contribution >= 4 is 23.5 Å². The van der Waals surface area contributed by atoms with Crippen LogP contribution in [-0.2, 0) is 37.0 Å². The van der Waals surface area contributed by atoms with Gasteiger partial charge in [0.15, 0.2) is 0 Å². The highest BCUT2D eigenvalue weighted by Gasteiger charge is 2.52. The van der Waals surface area contributed by atoms with E-state index in [0.29, 0.717) is 24.1 Å². The summed E-state index contributed by atoms with van der Waals surface area (Å²) in [5.41, 5.74) is 11.0. The number of benzene rings is 2. The minimum absolute atomic E-state index is 0.0153. The Morgan fingerprint density at radius 1 is 1.10 bits per heavy atom. The van der Waals surface area contributed by atoms with Crippen molar-refractivity contribution in [2.24, 2.45) is 34.8 Å². The van der Waals surface area contributed by atoms with E-state index in [1.807, 2.05) is 37.2 Å². The van der Waals surface area contributed by atoms with Crippen LogP contribution in [0.4, 0.5) is 5.69 Å². The predicted molar refractivity (Wildman–Crippen MR) is 201 cm³/mol. The molecule has 2 aromatic rings. The molecule has 3 N–H and O–H groups in total. The van der Waals surface area contributed by atoms with Crippen LogP contribution in [0.1, 0.15) is 72.9 Å². The molecule has 11 heteroatoms. The monoisotopic (exact) mass is 707 g/mol. The first-order valence-electron chi connectivity index (χ1n) is 18.2. The molecule has 1 aliphatic heterocycles. The molecule has 2 aromatic carbocycles. The minimum Gasteiger partial charge on any atom is -0.496 e. The zero-order valence-corrected chi connectivity index (χ0v) is 32.8. The lowest BCUT2D eigenvalue weighted by Crippen LogP contribution is -2.57. The van der Waals surface area contributed by atoms with Gasteiger partial charge in [0.05, 0.1) is 25.7 Å². The van der Waals surface area contributed by atoms with Gasteiger partial charge in [0, 0.05) is 70.9 Å². The van der Waals surface area contributed by atoms with Crippen LogP contribution < -0.4 is 20.7 Å². The van der Waals surface area contributed by atoms with Crippen molar-refractivity contribution in [3.63, 3.8) is 0 Å². The molecule has 2 amide bonds. The molecule has 282 valence electrons. The van der Waals surface area contributed by atoms with E-state index in [0.717, 1.165) is 34.4 Å². The summed E-state index contributed by atoms with van der Waals surface area (Å²) in [5.74, 6) is 0.613. The Kier molecular flexibility index (Phi) is 12.8. The van der Waals surface area contributed by atoms with Gasteiger partial charge in [-0.1, -0.05) is 52.8 Å². The van der Waals surface area contributed by atoms with Crippen molar-refractivity contribution in [1.82, 2.24) is 15.3 Å². The Hall–Kier alpha value is -3.67. The summed E-state index contributed by atoms with van der Waals surface area (Å²) in [5, 5.41) is 5.12. The number of nitrogens with two attached hydrogens (primary N) is 1. The summed E-state index contributed by atoms with van der Waals surface area (Å²) in [6, 6.07) is 11.4. The van der Waals surface area contributed by atoms with Crippen molar-refractivity contribution in [2.75, 3.05) is 39.7 Å². The van der Waals surface area contributed by atoms with Crippen LogP contribution in [0.5, 0.6) is 5.75 Å². The summed E-state index contributed by atoms with van der Waals surface area (Å²) in [7, 11) is 7.40. The van der Waals surface area contributed by atoms with Crippen LogP contribution in [-0.4, -0.2) is 86.8 Å². The molecule has 11 nitrogen and oxygen atoms in total. The zero-order valence-electron chi connectivity index (χ0n) is 32.8. The fraction of sp³-hybridized carbons (Fsp3) is 0.625.